The SMILES string of the molecule is O=[N+]([O-])c1cc(-c2cn[nH]c2)ccc1-c1cccc(F)c1. The van der Waals surface area contributed by atoms with Gasteiger partial charge in [0, 0.05) is 17.8 Å². The van der Waals surface area contributed by atoms with Gasteiger partial charge in [0.1, 0.15) is 5.82 Å². The molecule has 0 unspecified atom stereocenters. The van der Waals surface area contributed by atoms with Crippen LogP contribution in [-0.4, -0.2) is 15.1 Å². The normalized spacial score (nSPS) is 10.5. The van der Waals surface area contributed by atoms with Gasteiger partial charge in [0.25, 0.3) is 5.69 Å². The molecule has 0 amide bonds. The number of halogens is 1. The molecule has 0 saturated carbocycles. The van der Waals surface area contributed by atoms with Gasteiger partial charge in [0.15, 0.2) is 0 Å². The predicted molar refractivity (Wildman–Crippen MR) is 76.1 cm³/mol. The summed E-state index contributed by atoms with van der Waals surface area (Å²) in [6.07, 6.45) is 3.24. The summed E-state index contributed by atoms with van der Waals surface area (Å²) in [6.45, 7) is 0. The summed E-state index contributed by atoms with van der Waals surface area (Å²) in [5, 5.41) is 17.8. The van der Waals surface area contributed by atoms with Crippen molar-refractivity contribution in [1.29, 1.82) is 0 Å². The summed E-state index contributed by atoms with van der Waals surface area (Å²) < 4.78 is 13.3. The van der Waals surface area contributed by atoms with Crippen molar-refractivity contribution in [3.05, 3.63) is 70.8 Å². The number of nitrogens with one attached hydrogen (secondary N) is 1. The van der Waals surface area contributed by atoms with Crippen LogP contribution >= 0.6 is 0 Å². The number of nitrogens with zero attached hydrogens (tertiary/aromatic N) is 2. The van der Waals surface area contributed by atoms with Crippen LogP contribution in [0.1, 0.15) is 0 Å². The van der Waals surface area contributed by atoms with Gasteiger partial charge in [0.05, 0.1) is 16.7 Å². The van der Waals surface area contributed by atoms with E-state index in [9.17, 15) is 14.5 Å². The Kier molecular flexibility index (Phi) is 3.19. The molecule has 0 spiro atoms. The lowest BCUT2D eigenvalue weighted by Gasteiger charge is -2.05. The van der Waals surface area contributed by atoms with Crippen LogP contribution in [0.4, 0.5) is 10.1 Å². The van der Waals surface area contributed by atoms with E-state index in [1.54, 1.807) is 30.6 Å². The Bertz CT molecular complexity index is 800. The van der Waals surface area contributed by atoms with E-state index < -0.39 is 10.7 Å². The van der Waals surface area contributed by atoms with Gasteiger partial charge in [-0.15, -0.1) is 0 Å². The van der Waals surface area contributed by atoms with Crippen LogP contribution in [0.5, 0.6) is 0 Å². The number of aromatic nitrogens is 2. The molecule has 0 bridgehead atoms. The first-order chi connectivity index (χ1) is 10.1. The average molecular weight is 283 g/mol. The summed E-state index contributed by atoms with van der Waals surface area (Å²) >= 11 is 0. The lowest BCUT2D eigenvalue weighted by molar-refractivity contribution is -0.384. The van der Waals surface area contributed by atoms with Crippen molar-refractivity contribution < 1.29 is 9.31 Å². The first kappa shape index (κ1) is 13.0. The van der Waals surface area contributed by atoms with Crippen LogP contribution in [0.25, 0.3) is 22.3 Å². The van der Waals surface area contributed by atoms with Crippen LogP contribution in [-0.2, 0) is 0 Å². The zero-order valence-corrected chi connectivity index (χ0v) is 10.8. The standard InChI is InChI=1S/C15H10FN3O2/c16-13-3-1-2-11(6-13)14-5-4-10(7-15(14)19(20)21)12-8-17-18-9-12/h1-9H,(H,17,18). The van der Waals surface area contributed by atoms with E-state index >= 15 is 0 Å². The first-order valence-electron chi connectivity index (χ1n) is 6.18. The fourth-order valence-corrected chi connectivity index (χ4v) is 2.17. The largest absolute Gasteiger partial charge is 0.285 e. The van der Waals surface area contributed by atoms with Crippen molar-refractivity contribution in [2.24, 2.45) is 0 Å². The number of H-pyrrole nitrogens is 1. The number of nitro groups is 1. The molecule has 0 aliphatic heterocycles. The number of hydrogen-bond donors (Lipinski definition) is 1. The number of hydrogen-bond acceptors (Lipinski definition) is 3. The van der Waals surface area contributed by atoms with E-state index in [-0.39, 0.29) is 5.69 Å². The van der Waals surface area contributed by atoms with E-state index in [1.165, 1.54) is 24.3 Å². The van der Waals surface area contributed by atoms with E-state index in [4.69, 9.17) is 0 Å². The van der Waals surface area contributed by atoms with E-state index in [0.29, 0.717) is 16.7 Å². The van der Waals surface area contributed by atoms with Crippen LogP contribution < -0.4 is 0 Å². The van der Waals surface area contributed by atoms with Gasteiger partial charge in [-0.1, -0.05) is 18.2 Å². The lowest BCUT2D eigenvalue weighted by Crippen LogP contribution is -1.93. The molecule has 5 nitrogen and oxygen atoms in total. The van der Waals surface area contributed by atoms with Crippen molar-refractivity contribution in [3.8, 4) is 22.3 Å². The molecular weight excluding hydrogens is 273 g/mol. The Balaban J connectivity index is 2.15. The van der Waals surface area contributed by atoms with E-state index in [0.717, 1.165) is 5.56 Å². The van der Waals surface area contributed by atoms with Crippen LogP contribution in [0.15, 0.2) is 54.9 Å². The Morgan fingerprint density at radius 3 is 2.62 bits per heavy atom. The Morgan fingerprint density at radius 2 is 1.95 bits per heavy atom. The van der Waals surface area contributed by atoms with Gasteiger partial charge < -0.3 is 0 Å². The summed E-state index contributed by atoms with van der Waals surface area (Å²) in [5.74, 6) is -0.430. The maximum Gasteiger partial charge on any atom is 0.277 e. The minimum absolute atomic E-state index is 0.0701. The molecule has 21 heavy (non-hydrogen) atoms. The molecule has 1 aromatic heterocycles. The van der Waals surface area contributed by atoms with Gasteiger partial charge in [-0.25, -0.2) is 4.39 Å². The fraction of sp³-hybridized carbons (Fsp3) is 0. The number of benzene rings is 2. The maximum atomic E-state index is 13.3. The number of nitro benzene ring substituents is 1. The molecule has 104 valence electrons. The Hall–Kier alpha value is -3.02. The topological polar surface area (TPSA) is 71.8 Å². The molecule has 0 atom stereocenters. The summed E-state index contributed by atoms with van der Waals surface area (Å²) in [7, 11) is 0. The second-order valence-electron chi connectivity index (χ2n) is 4.49. The van der Waals surface area contributed by atoms with Crippen LogP contribution in [0.3, 0.4) is 0 Å². The molecule has 2 aromatic carbocycles. The molecular formula is C15H10FN3O2. The fourth-order valence-electron chi connectivity index (χ4n) is 2.17. The van der Waals surface area contributed by atoms with Crippen molar-refractivity contribution in [1.82, 2.24) is 10.2 Å². The molecule has 0 fully saturated rings. The van der Waals surface area contributed by atoms with Crippen LogP contribution in [0.2, 0.25) is 0 Å². The van der Waals surface area contributed by atoms with Crippen molar-refractivity contribution >= 4 is 5.69 Å². The zero-order valence-electron chi connectivity index (χ0n) is 10.8. The first-order valence-corrected chi connectivity index (χ1v) is 6.18. The quantitative estimate of drug-likeness (QED) is 0.587. The minimum atomic E-state index is -0.468. The average Bonchev–Trinajstić information content (AvgIpc) is 3.01. The molecule has 0 radical (unpaired) electrons. The van der Waals surface area contributed by atoms with Gasteiger partial charge in [-0.05, 0) is 29.3 Å². The maximum absolute atomic E-state index is 13.3. The molecule has 0 saturated heterocycles. The molecule has 6 heteroatoms. The van der Waals surface area contributed by atoms with Crippen molar-refractivity contribution in [3.63, 3.8) is 0 Å². The molecule has 0 aliphatic carbocycles. The Labute approximate surface area is 119 Å². The summed E-state index contributed by atoms with van der Waals surface area (Å²) in [4.78, 5) is 10.8. The highest BCUT2D eigenvalue weighted by Gasteiger charge is 2.17. The monoisotopic (exact) mass is 283 g/mol. The third kappa shape index (κ3) is 2.51. The van der Waals surface area contributed by atoms with Crippen molar-refractivity contribution in [2.45, 2.75) is 0 Å². The molecule has 1 N–H and O–H groups in total. The zero-order chi connectivity index (χ0) is 14.8. The van der Waals surface area contributed by atoms with Gasteiger partial charge in [-0.3, -0.25) is 15.2 Å². The third-order valence-corrected chi connectivity index (χ3v) is 3.16. The molecule has 3 aromatic rings. The predicted octanol–water partition coefficient (Wildman–Crippen LogP) is 3.79. The molecule has 0 aliphatic rings. The summed E-state index contributed by atoms with van der Waals surface area (Å²) in [6, 6.07) is 10.6. The molecule has 1 heterocycles. The smallest absolute Gasteiger partial charge is 0.277 e. The Morgan fingerprint density at radius 1 is 1.10 bits per heavy atom. The van der Waals surface area contributed by atoms with Gasteiger partial charge in [0.2, 0.25) is 0 Å². The second-order valence-corrected chi connectivity index (χ2v) is 4.49. The number of rotatable bonds is 3. The highest BCUT2D eigenvalue weighted by Crippen LogP contribution is 2.33. The van der Waals surface area contributed by atoms with Gasteiger partial charge in [-0.2, -0.15) is 5.10 Å². The third-order valence-electron chi connectivity index (χ3n) is 3.16. The van der Waals surface area contributed by atoms with Crippen LogP contribution in [0, 0.1) is 15.9 Å². The minimum Gasteiger partial charge on any atom is -0.285 e. The number of aromatic amines is 1. The highest BCUT2D eigenvalue weighted by molar-refractivity contribution is 5.78. The van der Waals surface area contributed by atoms with E-state index in [2.05, 4.69) is 10.2 Å². The molecule has 3 rings (SSSR count). The van der Waals surface area contributed by atoms with E-state index in [1.807, 2.05) is 0 Å². The van der Waals surface area contributed by atoms with Gasteiger partial charge >= 0.3 is 0 Å². The van der Waals surface area contributed by atoms with Crippen molar-refractivity contribution in [2.75, 3.05) is 0 Å². The lowest BCUT2D eigenvalue weighted by atomic mass is 9.99. The summed E-state index contributed by atoms with van der Waals surface area (Å²) in [5.41, 5.74) is 2.21. The second kappa shape index (κ2) is 5.16. The highest BCUT2D eigenvalue weighted by atomic mass is 19.1.